The van der Waals surface area contributed by atoms with E-state index in [4.69, 9.17) is 0 Å². The molecule has 1 saturated heterocycles. The Morgan fingerprint density at radius 1 is 1.05 bits per heavy atom. The number of carbonyl (C=O) groups is 1. The first-order valence-corrected chi connectivity index (χ1v) is 7.41. The molecule has 1 aliphatic heterocycles. The van der Waals surface area contributed by atoms with Gasteiger partial charge in [-0.2, -0.15) is 0 Å². The second-order valence-electron chi connectivity index (χ2n) is 5.61. The number of benzene rings is 2. The van der Waals surface area contributed by atoms with E-state index in [1.165, 1.54) is 23.8 Å². The van der Waals surface area contributed by atoms with E-state index in [9.17, 15) is 13.6 Å². The highest BCUT2D eigenvalue weighted by molar-refractivity contribution is 5.79. The van der Waals surface area contributed by atoms with E-state index in [1.54, 1.807) is 4.90 Å². The van der Waals surface area contributed by atoms with Gasteiger partial charge in [0.15, 0.2) is 0 Å². The minimum Gasteiger partial charge on any atom is -0.342 e. The fourth-order valence-corrected chi connectivity index (χ4v) is 2.95. The van der Waals surface area contributed by atoms with Crippen molar-refractivity contribution in [3.05, 3.63) is 71.3 Å². The summed E-state index contributed by atoms with van der Waals surface area (Å²) in [7, 11) is 0. The number of carbonyl (C=O) groups excluding carboxylic acids is 1. The third-order valence-corrected chi connectivity index (χ3v) is 4.20. The zero-order valence-corrected chi connectivity index (χ0v) is 12.1. The molecule has 3 rings (SSSR count). The van der Waals surface area contributed by atoms with Crippen LogP contribution in [0.5, 0.6) is 0 Å². The highest BCUT2D eigenvalue weighted by Crippen LogP contribution is 2.27. The van der Waals surface area contributed by atoms with Gasteiger partial charge in [0.1, 0.15) is 11.6 Å². The molecule has 2 aromatic rings. The van der Waals surface area contributed by atoms with Crippen LogP contribution in [0, 0.1) is 11.6 Å². The van der Waals surface area contributed by atoms with Crippen LogP contribution in [0.3, 0.4) is 0 Å². The summed E-state index contributed by atoms with van der Waals surface area (Å²) in [6.45, 7) is 1.24. The molecule has 1 aliphatic rings. The van der Waals surface area contributed by atoms with Gasteiger partial charge in [-0.3, -0.25) is 4.79 Å². The van der Waals surface area contributed by atoms with Gasteiger partial charge in [0.2, 0.25) is 5.91 Å². The first-order valence-electron chi connectivity index (χ1n) is 7.41. The molecule has 0 bridgehead atoms. The first-order chi connectivity index (χ1) is 10.6. The third kappa shape index (κ3) is 3.01. The van der Waals surface area contributed by atoms with Crippen molar-refractivity contribution in [2.24, 2.45) is 0 Å². The first kappa shape index (κ1) is 14.7. The zero-order valence-electron chi connectivity index (χ0n) is 12.1. The zero-order chi connectivity index (χ0) is 15.5. The number of rotatable bonds is 3. The molecule has 2 nitrogen and oxygen atoms in total. The summed E-state index contributed by atoms with van der Waals surface area (Å²) in [4.78, 5) is 14.0. The average molecular weight is 301 g/mol. The van der Waals surface area contributed by atoms with E-state index in [0.29, 0.717) is 19.0 Å². The van der Waals surface area contributed by atoms with Crippen molar-refractivity contribution in [1.82, 2.24) is 4.90 Å². The minimum atomic E-state index is -0.660. The molecule has 1 heterocycles. The molecule has 114 valence electrons. The lowest BCUT2D eigenvalue weighted by atomic mass is 9.99. The van der Waals surface area contributed by atoms with Crippen molar-refractivity contribution < 1.29 is 13.6 Å². The number of amides is 1. The van der Waals surface area contributed by atoms with Crippen LogP contribution in [0.25, 0.3) is 0 Å². The average Bonchev–Trinajstić information content (AvgIpc) is 3.02. The summed E-state index contributed by atoms with van der Waals surface area (Å²) in [5.74, 6) is -1.24. The van der Waals surface area contributed by atoms with E-state index >= 15 is 0 Å². The quantitative estimate of drug-likeness (QED) is 0.849. The van der Waals surface area contributed by atoms with Crippen LogP contribution < -0.4 is 0 Å². The molecular formula is C18H17F2NO. The topological polar surface area (TPSA) is 20.3 Å². The second kappa shape index (κ2) is 6.26. The number of halogens is 2. The van der Waals surface area contributed by atoms with Crippen LogP contribution >= 0.6 is 0 Å². The molecule has 0 spiro atoms. The third-order valence-electron chi connectivity index (χ3n) is 4.20. The molecular weight excluding hydrogens is 284 g/mol. The summed E-state index contributed by atoms with van der Waals surface area (Å²) < 4.78 is 27.3. The molecule has 0 N–H and O–H groups in total. The fraction of sp³-hybridized carbons (Fsp3) is 0.278. The maximum absolute atomic E-state index is 13.6. The molecule has 2 aromatic carbocycles. The van der Waals surface area contributed by atoms with Gasteiger partial charge in [0.05, 0.1) is 6.42 Å². The van der Waals surface area contributed by atoms with Crippen LogP contribution in [0.2, 0.25) is 0 Å². The van der Waals surface area contributed by atoms with Crippen molar-refractivity contribution in [2.45, 2.75) is 18.8 Å². The van der Waals surface area contributed by atoms with E-state index < -0.39 is 11.6 Å². The Bertz CT molecular complexity index is 652. The summed E-state index contributed by atoms with van der Waals surface area (Å²) in [5.41, 5.74) is 1.06. The minimum absolute atomic E-state index is 0.143. The fourth-order valence-electron chi connectivity index (χ4n) is 2.95. The van der Waals surface area contributed by atoms with Gasteiger partial charge in [0.25, 0.3) is 0 Å². The molecule has 22 heavy (non-hydrogen) atoms. The highest BCUT2D eigenvalue weighted by atomic mass is 19.1. The van der Waals surface area contributed by atoms with Crippen LogP contribution in [-0.4, -0.2) is 23.9 Å². The van der Waals surface area contributed by atoms with Crippen LogP contribution in [0.4, 0.5) is 8.78 Å². The van der Waals surface area contributed by atoms with Gasteiger partial charge in [-0.15, -0.1) is 0 Å². The SMILES string of the molecule is O=C(Cc1c(F)cccc1F)N1CCC(c2ccccc2)C1. The van der Waals surface area contributed by atoms with Crippen LogP contribution in [-0.2, 0) is 11.2 Å². The van der Waals surface area contributed by atoms with Gasteiger partial charge in [-0.1, -0.05) is 36.4 Å². The summed E-state index contributed by atoms with van der Waals surface area (Å²) in [6.07, 6.45) is 0.662. The van der Waals surface area contributed by atoms with Gasteiger partial charge < -0.3 is 4.90 Å². The largest absolute Gasteiger partial charge is 0.342 e. The van der Waals surface area contributed by atoms with Crippen LogP contribution in [0.1, 0.15) is 23.5 Å². The van der Waals surface area contributed by atoms with E-state index in [0.717, 1.165) is 6.42 Å². The van der Waals surface area contributed by atoms with Gasteiger partial charge in [-0.25, -0.2) is 8.78 Å². The van der Waals surface area contributed by atoms with Crippen molar-refractivity contribution in [1.29, 1.82) is 0 Å². The Kier molecular flexibility index (Phi) is 4.18. The highest BCUT2D eigenvalue weighted by Gasteiger charge is 2.28. The maximum Gasteiger partial charge on any atom is 0.227 e. The predicted molar refractivity (Wildman–Crippen MR) is 80.4 cm³/mol. The molecule has 1 unspecified atom stereocenters. The summed E-state index contributed by atoms with van der Waals surface area (Å²) in [5, 5.41) is 0. The standard InChI is InChI=1S/C18H17F2NO/c19-16-7-4-8-17(20)15(16)11-18(22)21-10-9-14(12-21)13-5-2-1-3-6-13/h1-8,14H,9-12H2. The Morgan fingerprint density at radius 2 is 1.73 bits per heavy atom. The van der Waals surface area contributed by atoms with Crippen LogP contribution in [0.15, 0.2) is 48.5 Å². The van der Waals surface area contributed by atoms with E-state index in [2.05, 4.69) is 12.1 Å². The second-order valence-corrected chi connectivity index (χ2v) is 5.61. The van der Waals surface area contributed by atoms with E-state index in [-0.39, 0.29) is 17.9 Å². The Hall–Kier alpha value is -2.23. The molecule has 4 heteroatoms. The van der Waals surface area contributed by atoms with Crippen molar-refractivity contribution >= 4 is 5.91 Å². The lowest BCUT2D eigenvalue weighted by Crippen LogP contribution is -2.30. The normalized spacial score (nSPS) is 17.7. The van der Waals surface area contributed by atoms with Crippen molar-refractivity contribution in [2.75, 3.05) is 13.1 Å². The molecule has 0 aliphatic carbocycles. The smallest absolute Gasteiger partial charge is 0.227 e. The summed E-state index contributed by atoms with van der Waals surface area (Å²) in [6, 6.07) is 13.7. The Labute approximate surface area is 128 Å². The van der Waals surface area contributed by atoms with Gasteiger partial charge in [0, 0.05) is 24.6 Å². The summed E-state index contributed by atoms with van der Waals surface area (Å²) >= 11 is 0. The number of hydrogen-bond acceptors (Lipinski definition) is 1. The van der Waals surface area contributed by atoms with Gasteiger partial charge >= 0.3 is 0 Å². The molecule has 0 aromatic heterocycles. The predicted octanol–water partition coefficient (Wildman–Crippen LogP) is 3.52. The lowest BCUT2D eigenvalue weighted by Gasteiger charge is -2.17. The number of hydrogen-bond donors (Lipinski definition) is 0. The molecule has 1 fully saturated rings. The molecule has 1 amide bonds. The molecule has 0 saturated carbocycles. The van der Waals surface area contributed by atoms with Crippen molar-refractivity contribution in [3.8, 4) is 0 Å². The maximum atomic E-state index is 13.6. The van der Waals surface area contributed by atoms with Gasteiger partial charge in [-0.05, 0) is 24.1 Å². The number of nitrogens with zero attached hydrogens (tertiary/aromatic N) is 1. The molecule has 1 atom stereocenters. The Balaban J connectivity index is 1.67. The Morgan fingerprint density at radius 3 is 2.41 bits per heavy atom. The molecule has 0 radical (unpaired) electrons. The van der Waals surface area contributed by atoms with E-state index in [1.807, 2.05) is 18.2 Å². The number of likely N-dealkylation sites (tertiary alicyclic amines) is 1. The van der Waals surface area contributed by atoms with Crippen molar-refractivity contribution in [3.63, 3.8) is 0 Å². The monoisotopic (exact) mass is 301 g/mol. The lowest BCUT2D eigenvalue weighted by molar-refractivity contribution is -0.129.